The maximum atomic E-state index is 11.7. The summed E-state index contributed by atoms with van der Waals surface area (Å²) >= 11 is 0. The summed E-state index contributed by atoms with van der Waals surface area (Å²) in [6.07, 6.45) is 4.26. The molecule has 1 aromatic carbocycles. The van der Waals surface area contributed by atoms with Crippen molar-refractivity contribution in [2.45, 2.75) is 31.6 Å². The van der Waals surface area contributed by atoms with Crippen LogP contribution in [0.2, 0.25) is 0 Å². The summed E-state index contributed by atoms with van der Waals surface area (Å²) in [6, 6.07) is 6.14. The van der Waals surface area contributed by atoms with Crippen molar-refractivity contribution >= 4 is 11.0 Å². The number of rotatable bonds is 1. The average molecular weight is 312 g/mol. The molecule has 0 amide bonds. The molecule has 1 aliphatic heterocycles. The molecule has 1 aromatic rings. The van der Waals surface area contributed by atoms with Crippen molar-refractivity contribution in [2.24, 2.45) is 0 Å². The summed E-state index contributed by atoms with van der Waals surface area (Å²) in [5.41, 5.74) is 1.22. The molecule has 0 bridgehead atoms. The van der Waals surface area contributed by atoms with E-state index in [-0.39, 0.29) is 28.8 Å². The maximum absolute atomic E-state index is 11.7. The van der Waals surface area contributed by atoms with Gasteiger partial charge in [0.05, 0.1) is 0 Å². The number of aromatic hydroxyl groups is 3. The molecule has 4 rings (SSSR count). The Hall–Kier alpha value is -2.69. The molecule has 5 nitrogen and oxygen atoms in total. The molecule has 0 spiro atoms. The molecule has 5 heteroatoms. The Balaban J connectivity index is 2.19. The minimum Gasteiger partial charge on any atom is -0.504 e. The van der Waals surface area contributed by atoms with E-state index in [1.165, 1.54) is 12.1 Å². The summed E-state index contributed by atoms with van der Waals surface area (Å²) in [5.74, 6) is -0.800. The molecule has 0 atom stereocenters. The van der Waals surface area contributed by atoms with Crippen LogP contribution in [-0.4, -0.2) is 15.3 Å². The zero-order chi connectivity index (χ0) is 16.1. The minimum atomic E-state index is -0.530. The molecule has 3 N–H and O–H groups in total. The Labute approximate surface area is 131 Å². The third-order valence-corrected chi connectivity index (χ3v) is 4.75. The fraction of sp³-hybridized carbons (Fsp3) is 0.278. The third-order valence-electron chi connectivity index (χ3n) is 4.75. The third kappa shape index (κ3) is 1.96. The Morgan fingerprint density at radius 1 is 0.957 bits per heavy atom. The van der Waals surface area contributed by atoms with Crippen molar-refractivity contribution in [1.82, 2.24) is 0 Å². The first-order valence-corrected chi connectivity index (χ1v) is 7.71. The average Bonchev–Trinajstić information content (AvgIpc) is 3.07. The highest BCUT2D eigenvalue weighted by molar-refractivity contribution is 5.94. The minimum absolute atomic E-state index is 0.0628. The first kappa shape index (κ1) is 13.9. The van der Waals surface area contributed by atoms with Crippen LogP contribution in [0.1, 0.15) is 37.2 Å². The first-order chi connectivity index (χ1) is 11.1. The van der Waals surface area contributed by atoms with Gasteiger partial charge < -0.3 is 19.7 Å². The zero-order valence-electron chi connectivity index (χ0n) is 12.4. The van der Waals surface area contributed by atoms with E-state index < -0.39 is 11.2 Å². The summed E-state index contributed by atoms with van der Waals surface area (Å²) in [7, 11) is 0. The van der Waals surface area contributed by atoms with Crippen LogP contribution in [0.15, 0.2) is 33.5 Å². The molecule has 0 saturated heterocycles. The van der Waals surface area contributed by atoms with E-state index in [2.05, 4.69) is 0 Å². The Morgan fingerprint density at radius 3 is 2.43 bits per heavy atom. The Bertz CT molecular complexity index is 934. The van der Waals surface area contributed by atoms with Crippen molar-refractivity contribution in [3.05, 3.63) is 40.1 Å². The molecular weight excluding hydrogens is 296 g/mol. The van der Waals surface area contributed by atoms with E-state index in [0.717, 1.165) is 31.2 Å². The highest BCUT2D eigenvalue weighted by Gasteiger charge is 2.28. The summed E-state index contributed by atoms with van der Waals surface area (Å²) in [5, 5.41) is 30.7. The van der Waals surface area contributed by atoms with Gasteiger partial charge in [-0.15, -0.1) is 0 Å². The summed E-state index contributed by atoms with van der Waals surface area (Å²) in [4.78, 5) is 11.7. The number of hydrogen-bond donors (Lipinski definition) is 3. The summed E-state index contributed by atoms with van der Waals surface area (Å²) < 4.78 is 5.61. The molecule has 3 aliphatic rings. The number of fused-ring (bicyclic) bond motifs is 2. The van der Waals surface area contributed by atoms with Gasteiger partial charge in [0, 0.05) is 10.9 Å². The second-order valence-electron chi connectivity index (χ2n) is 6.10. The maximum Gasteiger partial charge on any atom is 0.224 e. The normalized spacial score (nSPS) is 15.7. The molecular formula is C18H16O5. The number of hydrogen-bond acceptors (Lipinski definition) is 5. The van der Waals surface area contributed by atoms with E-state index in [1.54, 1.807) is 12.1 Å². The predicted molar refractivity (Wildman–Crippen MR) is 85.3 cm³/mol. The van der Waals surface area contributed by atoms with Gasteiger partial charge in [-0.05, 0) is 48.6 Å². The standard InChI is InChI=1S/C18H16O5/c19-12-7-5-10-14(9-3-1-2-4-9)11-6-8-13(20)16(22)18(11)23-17(10)15(12)21/h5-9,19,21-22H,1-4H2. The van der Waals surface area contributed by atoms with E-state index >= 15 is 0 Å². The number of benzene rings is 2. The molecule has 1 saturated carbocycles. The number of phenolic OH excluding ortho intramolecular Hbond substituents is 3. The van der Waals surface area contributed by atoms with Gasteiger partial charge in [0.25, 0.3) is 0 Å². The van der Waals surface area contributed by atoms with Gasteiger partial charge in [-0.25, -0.2) is 0 Å². The summed E-state index contributed by atoms with van der Waals surface area (Å²) in [6.45, 7) is 0. The highest BCUT2D eigenvalue weighted by Crippen LogP contribution is 2.48. The second kappa shape index (κ2) is 4.91. The van der Waals surface area contributed by atoms with Crippen molar-refractivity contribution < 1.29 is 19.7 Å². The molecule has 0 aromatic heterocycles. The van der Waals surface area contributed by atoms with Crippen LogP contribution < -0.4 is 5.43 Å². The van der Waals surface area contributed by atoms with Crippen LogP contribution in [0.3, 0.4) is 0 Å². The van der Waals surface area contributed by atoms with Gasteiger partial charge in [-0.3, -0.25) is 4.79 Å². The van der Waals surface area contributed by atoms with E-state index in [1.807, 2.05) is 0 Å². The van der Waals surface area contributed by atoms with Gasteiger partial charge in [0.1, 0.15) is 0 Å². The fourth-order valence-corrected chi connectivity index (χ4v) is 3.65. The quantitative estimate of drug-likeness (QED) is 0.471. The molecule has 0 radical (unpaired) electrons. The molecule has 0 unspecified atom stereocenters. The number of phenols is 3. The lowest BCUT2D eigenvalue weighted by Crippen LogP contribution is -2.05. The predicted octanol–water partition coefficient (Wildman–Crippen LogP) is 3.67. The van der Waals surface area contributed by atoms with Crippen LogP contribution in [0.4, 0.5) is 0 Å². The monoisotopic (exact) mass is 312 g/mol. The van der Waals surface area contributed by atoms with Crippen LogP contribution in [0.25, 0.3) is 22.3 Å². The van der Waals surface area contributed by atoms with Crippen LogP contribution in [0.5, 0.6) is 17.2 Å². The van der Waals surface area contributed by atoms with Crippen LogP contribution in [0, 0.1) is 0 Å². The van der Waals surface area contributed by atoms with E-state index in [0.29, 0.717) is 10.9 Å². The molecule has 1 fully saturated rings. The van der Waals surface area contributed by atoms with E-state index in [9.17, 15) is 20.1 Å². The Morgan fingerprint density at radius 2 is 1.70 bits per heavy atom. The van der Waals surface area contributed by atoms with Gasteiger partial charge in [0.15, 0.2) is 17.1 Å². The van der Waals surface area contributed by atoms with Crippen molar-refractivity contribution in [3.8, 4) is 28.6 Å². The molecule has 2 aliphatic carbocycles. The largest absolute Gasteiger partial charge is 0.504 e. The van der Waals surface area contributed by atoms with Gasteiger partial charge >= 0.3 is 0 Å². The van der Waals surface area contributed by atoms with Crippen molar-refractivity contribution in [3.63, 3.8) is 0 Å². The zero-order valence-corrected chi connectivity index (χ0v) is 12.4. The van der Waals surface area contributed by atoms with Crippen LogP contribution >= 0.6 is 0 Å². The molecule has 1 heterocycles. The van der Waals surface area contributed by atoms with E-state index in [4.69, 9.17) is 4.42 Å². The van der Waals surface area contributed by atoms with Crippen molar-refractivity contribution in [1.29, 1.82) is 0 Å². The lowest BCUT2D eigenvalue weighted by molar-refractivity contribution is 0.397. The van der Waals surface area contributed by atoms with Gasteiger partial charge in [-0.2, -0.15) is 0 Å². The van der Waals surface area contributed by atoms with Gasteiger partial charge in [-0.1, -0.05) is 12.8 Å². The van der Waals surface area contributed by atoms with Crippen molar-refractivity contribution in [2.75, 3.05) is 0 Å². The molecule has 23 heavy (non-hydrogen) atoms. The Kier molecular flexibility index (Phi) is 2.98. The topological polar surface area (TPSA) is 90.9 Å². The SMILES string of the molecule is O=c1ccc2c(C3CCCC3)c3ccc(O)c(O)c3oc-2c1O. The smallest absolute Gasteiger partial charge is 0.224 e. The first-order valence-electron chi connectivity index (χ1n) is 7.71. The van der Waals surface area contributed by atoms with Gasteiger partial charge in [0.2, 0.25) is 16.9 Å². The molecule has 118 valence electrons. The highest BCUT2D eigenvalue weighted by atomic mass is 16.4. The second-order valence-corrected chi connectivity index (χ2v) is 6.10. The van der Waals surface area contributed by atoms with Crippen LogP contribution in [-0.2, 0) is 0 Å². The lowest BCUT2D eigenvalue weighted by atomic mass is 9.88. The fourth-order valence-electron chi connectivity index (χ4n) is 3.65. The lowest BCUT2D eigenvalue weighted by Gasteiger charge is -2.20.